The highest BCUT2D eigenvalue weighted by molar-refractivity contribution is 6.01. The highest BCUT2D eigenvalue weighted by atomic mass is 16.5. The lowest BCUT2D eigenvalue weighted by molar-refractivity contribution is 0.0910. The molecular weight excluding hydrogens is 468 g/mol. The van der Waals surface area contributed by atoms with E-state index in [1.807, 2.05) is 50.5 Å². The average molecular weight is 501 g/mol. The van der Waals surface area contributed by atoms with Gasteiger partial charge in [0.05, 0.1) is 30.8 Å². The fourth-order valence-electron chi connectivity index (χ4n) is 5.20. The summed E-state index contributed by atoms with van der Waals surface area (Å²) in [6.45, 7) is 6.58. The number of hydrogen-bond donors (Lipinski definition) is 1. The second-order valence-corrected chi connectivity index (χ2v) is 10.3. The van der Waals surface area contributed by atoms with Crippen LogP contribution in [0.3, 0.4) is 0 Å². The molecule has 0 unspecified atom stereocenters. The van der Waals surface area contributed by atoms with Crippen molar-refractivity contribution in [3.63, 3.8) is 0 Å². The first-order valence-corrected chi connectivity index (χ1v) is 12.3. The maximum absolute atomic E-state index is 13.0. The molecule has 1 N–H and O–H groups in total. The average Bonchev–Trinajstić information content (AvgIpc) is 3.21. The van der Waals surface area contributed by atoms with E-state index in [0.29, 0.717) is 36.1 Å². The minimum absolute atomic E-state index is 0.101. The number of methoxy groups -OCH3 is 2. The van der Waals surface area contributed by atoms with Gasteiger partial charge < -0.3 is 24.1 Å². The molecule has 0 saturated heterocycles. The molecule has 2 aromatic carbocycles. The molecule has 192 valence electrons. The van der Waals surface area contributed by atoms with E-state index in [4.69, 9.17) is 14.2 Å². The van der Waals surface area contributed by atoms with Gasteiger partial charge in [0, 0.05) is 43.1 Å². The number of carbonyl (C=O) groups is 1. The molecule has 1 aliphatic rings. The number of benzene rings is 2. The summed E-state index contributed by atoms with van der Waals surface area (Å²) in [7, 11) is 5.07. The Morgan fingerprint density at radius 1 is 1.03 bits per heavy atom. The summed E-state index contributed by atoms with van der Waals surface area (Å²) < 4.78 is 19.4. The molecule has 0 bridgehead atoms. The molecule has 2 aromatic heterocycles. The predicted molar refractivity (Wildman–Crippen MR) is 143 cm³/mol. The molecule has 2 heterocycles. The zero-order valence-corrected chi connectivity index (χ0v) is 22.1. The number of carbonyl (C=O) groups excluding carboxylic acids is 1. The number of fused-ring (bicyclic) bond motifs is 2. The summed E-state index contributed by atoms with van der Waals surface area (Å²) in [5.41, 5.74) is 5.29. The van der Waals surface area contributed by atoms with Gasteiger partial charge in [0.2, 0.25) is 0 Å². The van der Waals surface area contributed by atoms with Gasteiger partial charge in [-0.15, -0.1) is 0 Å². The summed E-state index contributed by atoms with van der Waals surface area (Å²) in [6.07, 6.45) is 4.95. The second-order valence-electron chi connectivity index (χ2n) is 10.3. The molecule has 37 heavy (non-hydrogen) atoms. The lowest BCUT2D eigenvalue weighted by Crippen LogP contribution is -2.28. The third kappa shape index (κ3) is 4.59. The van der Waals surface area contributed by atoms with Crippen LogP contribution in [0.5, 0.6) is 17.2 Å². The van der Waals surface area contributed by atoms with Crippen LogP contribution in [0.25, 0.3) is 16.6 Å². The summed E-state index contributed by atoms with van der Waals surface area (Å²) >= 11 is 0. The zero-order valence-electron chi connectivity index (χ0n) is 22.1. The van der Waals surface area contributed by atoms with Crippen molar-refractivity contribution in [2.45, 2.75) is 40.2 Å². The quantitative estimate of drug-likeness (QED) is 0.357. The molecule has 0 aliphatic heterocycles. The van der Waals surface area contributed by atoms with Crippen LogP contribution in [0.15, 0.2) is 42.9 Å². The molecule has 0 atom stereocenters. The molecule has 0 amide bonds. The first kappa shape index (κ1) is 24.6. The Balaban J connectivity index is 1.63. The number of ketones is 1. The Morgan fingerprint density at radius 2 is 1.76 bits per heavy atom. The number of aromatic nitrogens is 3. The first-order chi connectivity index (χ1) is 17.7. The molecule has 0 fully saturated rings. The first-order valence-electron chi connectivity index (χ1n) is 12.3. The molecule has 5 rings (SSSR count). The van der Waals surface area contributed by atoms with E-state index in [2.05, 4.69) is 33.7 Å². The fourth-order valence-corrected chi connectivity index (χ4v) is 5.20. The van der Waals surface area contributed by atoms with Crippen molar-refractivity contribution in [1.82, 2.24) is 14.5 Å². The van der Waals surface area contributed by atoms with Crippen molar-refractivity contribution in [2.75, 3.05) is 26.6 Å². The zero-order chi connectivity index (χ0) is 26.3. The smallest absolute Gasteiger partial charge is 0.165 e. The predicted octanol–water partition coefficient (Wildman–Crippen LogP) is 5.52. The van der Waals surface area contributed by atoms with Crippen molar-refractivity contribution in [2.24, 2.45) is 5.41 Å². The minimum atomic E-state index is -0.101. The highest BCUT2D eigenvalue weighted by Gasteiger charge is 2.35. The largest absolute Gasteiger partial charge is 0.497 e. The van der Waals surface area contributed by atoms with Crippen molar-refractivity contribution in [1.29, 1.82) is 0 Å². The Labute approximate surface area is 216 Å². The molecule has 0 spiro atoms. The van der Waals surface area contributed by atoms with Crippen molar-refractivity contribution in [3.05, 3.63) is 65.2 Å². The number of anilines is 1. The molecule has 8 nitrogen and oxygen atoms in total. The Bertz CT molecular complexity index is 1480. The third-order valence-electron chi connectivity index (χ3n) is 6.87. The van der Waals surface area contributed by atoms with Gasteiger partial charge in [0.1, 0.15) is 36.0 Å². The number of rotatable bonds is 7. The topological polar surface area (TPSA) is 87.5 Å². The van der Waals surface area contributed by atoms with Crippen LogP contribution in [0, 0.1) is 12.3 Å². The lowest BCUT2D eigenvalue weighted by Gasteiger charge is -2.30. The third-order valence-corrected chi connectivity index (χ3v) is 6.87. The van der Waals surface area contributed by atoms with E-state index < -0.39 is 0 Å². The standard InChI is InChI=1S/C29H32N4O4/c1-17-14-33(23-12-29(2,3)13-24(34)26(17)23)19-9-22-27(28(30-4)32-16-31-22)25(10-19)37-15-18-7-20(35-5)11-21(8-18)36-6/h7-11,14,16H,12-13,15H2,1-6H3,(H,30,31,32). The summed E-state index contributed by atoms with van der Waals surface area (Å²) in [5.74, 6) is 2.90. The van der Waals surface area contributed by atoms with Gasteiger partial charge in [-0.05, 0) is 48.1 Å². The summed E-state index contributed by atoms with van der Waals surface area (Å²) in [5, 5.41) is 3.94. The van der Waals surface area contributed by atoms with Gasteiger partial charge in [0.25, 0.3) is 0 Å². The molecule has 1 aliphatic carbocycles. The van der Waals surface area contributed by atoms with E-state index in [1.165, 1.54) is 6.33 Å². The number of ether oxygens (including phenoxy) is 3. The maximum Gasteiger partial charge on any atom is 0.165 e. The number of hydrogen-bond acceptors (Lipinski definition) is 7. The number of nitrogens with zero attached hydrogens (tertiary/aromatic N) is 3. The Hall–Kier alpha value is -4.07. The molecule has 0 radical (unpaired) electrons. The SMILES string of the molecule is CNc1ncnc2cc(-n3cc(C)c4c3CC(C)(C)CC4=O)cc(OCc3cc(OC)cc(OC)c3)c12. The number of aryl methyl sites for hydroxylation is 1. The molecular formula is C29H32N4O4. The Morgan fingerprint density at radius 3 is 2.43 bits per heavy atom. The molecule has 0 saturated carbocycles. The van der Waals surface area contributed by atoms with Gasteiger partial charge in [-0.25, -0.2) is 9.97 Å². The number of nitrogens with one attached hydrogen (secondary N) is 1. The van der Waals surface area contributed by atoms with E-state index in [1.54, 1.807) is 14.2 Å². The van der Waals surface area contributed by atoms with Crippen LogP contribution in [0.4, 0.5) is 5.82 Å². The van der Waals surface area contributed by atoms with Crippen molar-refractivity contribution in [3.8, 4) is 22.9 Å². The second kappa shape index (κ2) is 9.42. The van der Waals surface area contributed by atoms with Gasteiger partial charge in [-0.3, -0.25) is 4.79 Å². The van der Waals surface area contributed by atoms with Gasteiger partial charge >= 0.3 is 0 Å². The van der Waals surface area contributed by atoms with Crippen LogP contribution >= 0.6 is 0 Å². The maximum atomic E-state index is 13.0. The summed E-state index contributed by atoms with van der Waals surface area (Å²) in [4.78, 5) is 22.0. The summed E-state index contributed by atoms with van der Waals surface area (Å²) in [6, 6.07) is 9.68. The van der Waals surface area contributed by atoms with Crippen LogP contribution in [-0.4, -0.2) is 41.6 Å². The highest BCUT2D eigenvalue weighted by Crippen LogP contribution is 2.40. The van der Waals surface area contributed by atoms with Gasteiger partial charge in [0.15, 0.2) is 5.78 Å². The minimum Gasteiger partial charge on any atom is -0.497 e. The van der Waals surface area contributed by atoms with E-state index >= 15 is 0 Å². The lowest BCUT2D eigenvalue weighted by atomic mass is 9.75. The monoisotopic (exact) mass is 500 g/mol. The Kier molecular flexibility index (Phi) is 6.27. The van der Waals surface area contributed by atoms with Crippen LogP contribution in [0.2, 0.25) is 0 Å². The normalized spacial score (nSPS) is 14.4. The molecule has 8 heteroatoms. The van der Waals surface area contributed by atoms with Gasteiger partial charge in [-0.2, -0.15) is 0 Å². The van der Waals surface area contributed by atoms with Crippen LogP contribution in [-0.2, 0) is 13.0 Å². The van der Waals surface area contributed by atoms with E-state index in [0.717, 1.165) is 45.4 Å². The van der Waals surface area contributed by atoms with Crippen LogP contribution < -0.4 is 19.5 Å². The van der Waals surface area contributed by atoms with Gasteiger partial charge in [-0.1, -0.05) is 13.8 Å². The van der Waals surface area contributed by atoms with Crippen molar-refractivity contribution < 1.29 is 19.0 Å². The molecule has 4 aromatic rings. The number of Topliss-reactive ketones (excluding diaryl/α,β-unsaturated/α-hetero) is 1. The van der Waals surface area contributed by atoms with Crippen molar-refractivity contribution >= 4 is 22.5 Å². The van der Waals surface area contributed by atoms with E-state index in [-0.39, 0.29) is 11.2 Å². The van der Waals surface area contributed by atoms with Crippen LogP contribution in [0.1, 0.15) is 47.4 Å². The fraction of sp³-hybridized carbons (Fsp3) is 0.345. The van der Waals surface area contributed by atoms with E-state index in [9.17, 15) is 4.79 Å².